The summed E-state index contributed by atoms with van der Waals surface area (Å²) in [5, 5.41) is 0. The predicted octanol–water partition coefficient (Wildman–Crippen LogP) is 1.16. The lowest BCUT2D eigenvalue weighted by Crippen LogP contribution is -2.44. The molecule has 1 aromatic heterocycles. The van der Waals surface area contributed by atoms with Crippen molar-refractivity contribution in [1.82, 2.24) is 9.47 Å². The Bertz CT molecular complexity index is 990. The zero-order valence-corrected chi connectivity index (χ0v) is 15.7. The van der Waals surface area contributed by atoms with Crippen LogP contribution in [0.5, 0.6) is 5.75 Å². The van der Waals surface area contributed by atoms with Crippen molar-refractivity contribution in [2.45, 2.75) is 23.8 Å². The minimum Gasteiger partial charge on any atom is -0.490 e. The number of likely N-dealkylation sites (tertiary alicyclic amines) is 1. The van der Waals surface area contributed by atoms with E-state index in [9.17, 15) is 18.0 Å². The van der Waals surface area contributed by atoms with E-state index in [4.69, 9.17) is 10.5 Å². The Balaban J connectivity index is 1.71. The molecule has 144 valence electrons. The van der Waals surface area contributed by atoms with Crippen molar-refractivity contribution in [1.29, 1.82) is 0 Å². The van der Waals surface area contributed by atoms with Crippen LogP contribution in [-0.2, 0) is 9.84 Å². The number of aromatic nitrogens is 1. The van der Waals surface area contributed by atoms with Gasteiger partial charge < -0.3 is 15.4 Å². The number of rotatable bonds is 4. The van der Waals surface area contributed by atoms with Gasteiger partial charge in [-0.25, -0.2) is 13.2 Å². The highest BCUT2D eigenvalue weighted by molar-refractivity contribution is 7.90. The van der Waals surface area contributed by atoms with Gasteiger partial charge in [0.25, 0.3) is 5.56 Å². The molecular formula is C18H21N3O5S. The van der Waals surface area contributed by atoms with Gasteiger partial charge in [-0.15, -0.1) is 0 Å². The zero-order chi connectivity index (χ0) is 19.6. The summed E-state index contributed by atoms with van der Waals surface area (Å²) in [5.41, 5.74) is 5.54. The third-order valence-corrected chi connectivity index (χ3v) is 5.62. The van der Waals surface area contributed by atoms with E-state index in [2.05, 4.69) is 0 Å². The quantitative estimate of drug-likeness (QED) is 0.841. The van der Waals surface area contributed by atoms with Gasteiger partial charge in [-0.2, -0.15) is 0 Å². The van der Waals surface area contributed by atoms with E-state index in [1.807, 2.05) is 0 Å². The maximum absolute atomic E-state index is 12.4. The van der Waals surface area contributed by atoms with Crippen molar-refractivity contribution in [2.75, 3.05) is 19.3 Å². The van der Waals surface area contributed by atoms with E-state index < -0.39 is 15.9 Å². The zero-order valence-electron chi connectivity index (χ0n) is 14.9. The van der Waals surface area contributed by atoms with E-state index in [0.29, 0.717) is 37.4 Å². The van der Waals surface area contributed by atoms with Gasteiger partial charge >= 0.3 is 6.03 Å². The van der Waals surface area contributed by atoms with Crippen molar-refractivity contribution >= 4 is 15.9 Å². The van der Waals surface area contributed by atoms with Crippen LogP contribution in [-0.4, -0.2) is 49.4 Å². The van der Waals surface area contributed by atoms with Crippen LogP contribution < -0.4 is 16.0 Å². The predicted molar refractivity (Wildman–Crippen MR) is 100.0 cm³/mol. The van der Waals surface area contributed by atoms with Crippen molar-refractivity contribution in [3.8, 4) is 11.4 Å². The molecule has 1 saturated heterocycles. The first-order chi connectivity index (χ1) is 12.7. The number of nitrogens with two attached hydrogens (primary N) is 1. The minimum atomic E-state index is -3.28. The fraction of sp³-hybridized carbons (Fsp3) is 0.333. The highest BCUT2D eigenvalue weighted by Gasteiger charge is 2.22. The number of benzene rings is 1. The molecule has 2 N–H and O–H groups in total. The Labute approximate surface area is 157 Å². The lowest BCUT2D eigenvalue weighted by molar-refractivity contribution is 0.114. The number of hydrogen-bond donors (Lipinski definition) is 1. The van der Waals surface area contributed by atoms with Crippen LogP contribution in [0.4, 0.5) is 4.79 Å². The Kier molecular flexibility index (Phi) is 5.22. The molecule has 0 aliphatic carbocycles. The average Bonchev–Trinajstić information content (AvgIpc) is 2.62. The van der Waals surface area contributed by atoms with Crippen LogP contribution in [0.25, 0.3) is 5.69 Å². The summed E-state index contributed by atoms with van der Waals surface area (Å²) in [7, 11) is -3.28. The van der Waals surface area contributed by atoms with Crippen molar-refractivity contribution in [3.05, 3.63) is 52.9 Å². The maximum atomic E-state index is 12.4. The third-order valence-electron chi connectivity index (χ3n) is 4.49. The van der Waals surface area contributed by atoms with E-state index in [-0.39, 0.29) is 16.6 Å². The second kappa shape index (κ2) is 7.43. The number of carbonyl (C=O) groups excluding carboxylic acids is 1. The number of hydrogen-bond acceptors (Lipinski definition) is 5. The van der Waals surface area contributed by atoms with Crippen molar-refractivity contribution < 1.29 is 17.9 Å². The van der Waals surface area contributed by atoms with Gasteiger partial charge in [0.1, 0.15) is 11.9 Å². The van der Waals surface area contributed by atoms with Gasteiger partial charge in [0.2, 0.25) is 0 Å². The van der Waals surface area contributed by atoms with Gasteiger partial charge in [-0.1, -0.05) is 0 Å². The van der Waals surface area contributed by atoms with E-state index >= 15 is 0 Å². The number of sulfone groups is 1. The summed E-state index contributed by atoms with van der Waals surface area (Å²) in [6.07, 6.45) is 3.95. The number of primary amides is 1. The molecule has 0 spiro atoms. The molecule has 0 radical (unpaired) electrons. The lowest BCUT2D eigenvalue weighted by Gasteiger charge is -2.30. The first-order valence-electron chi connectivity index (χ1n) is 8.48. The highest BCUT2D eigenvalue weighted by Crippen LogP contribution is 2.19. The summed E-state index contributed by atoms with van der Waals surface area (Å²) in [4.78, 5) is 25.3. The fourth-order valence-corrected chi connectivity index (χ4v) is 3.62. The molecule has 8 nitrogen and oxygen atoms in total. The molecule has 2 aromatic rings. The molecule has 27 heavy (non-hydrogen) atoms. The fourth-order valence-electron chi connectivity index (χ4n) is 2.99. The molecule has 2 amide bonds. The average molecular weight is 391 g/mol. The van der Waals surface area contributed by atoms with Crippen molar-refractivity contribution in [3.63, 3.8) is 0 Å². The molecule has 3 rings (SSSR count). The summed E-state index contributed by atoms with van der Waals surface area (Å²) in [6, 6.07) is 8.74. The molecule has 1 aromatic carbocycles. The third kappa shape index (κ3) is 4.48. The monoisotopic (exact) mass is 391 g/mol. The number of piperidine rings is 1. The number of pyridine rings is 1. The van der Waals surface area contributed by atoms with E-state index in [1.54, 1.807) is 29.3 Å². The smallest absolute Gasteiger partial charge is 0.314 e. The van der Waals surface area contributed by atoms with Crippen LogP contribution in [0.2, 0.25) is 0 Å². The maximum Gasteiger partial charge on any atom is 0.314 e. The lowest BCUT2D eigenvalue weighted by atomic mass is 10.1. The van der Waals surface area contributed by atoms with Crippen molar-refractivity contribution in [2.24, 2.45) is 5.73 Å². The number of urea groups is 1. The van der Waals surface area contributed by atoms with Gasteiger partial charge in [0, 0.05) is 50.1 Å². The summed E-state index contributed by atoms with van der Waals surface area (Å²) in [5.74, 6) is 0.460. The number of ether oxygens (including phenoxy) is 1. The topological polar surface area (TPSA) is 112 Å². The first-order valence-corrected chi connectivity index (χ1v) is 10.4. The van der Waals surface area contributed by atoms with Gasteiger partial charge in [-0.3, -0.25) is 9.36 Å². The molecule has 1 aliphatic heterocycles. The van der Waals surface area contributed by atoms with Crippen LogP contribution in [0, 0.1) is 0 Å². The summed E-state index contributed by atoms with van der Waals surface area (Å²) >= 11 is 0. The highest BCUT2D eigenvalue weighted by atomic mass is 32.2. The Morgan fingerprint density at radius 3 is 2.30 bits per heavy atom. The summed E-state index contributed by atoms with van der Waals surface area (Å²) < 4.78 is 30.3. The van der Waals surface area contributed by atoms with E-state index in [0.717, 1.165) is 6.26 Å². The number of amides is 2. The molecule has 9 heteroatoms. The molecule has 0 bridgehead atoms. The summed E-state index contributed by atoms with van der Waals surface area (Å²) in [6.45, 7) is 1.06. The molecule has 0 unspecified atom stereocenters. The Morgan fingerprint density at radius 1 is 1.15 bits per heavy atom. The Hall–Kier alpha value is -2.81. The second-order valence-electron chi connectivity index (χ2n) is 6.48. The van der Waals surface area contributed by atoms with Gasteiger partial charge in [0.15, 0.2) is 9.84 Å². The SMILES string of the molecule is CS(=O)(=O)c1ccc(-n2ccc(OC3CCN(C(N)=O)CC3)cc2=O)cc1. The van der Waals surface area contributed by atoms with Crippen LogP contribution in [0.1, 0.15) is 12.8 Å². The number of nitrogens with zero attached hydrogens (tertiary/aromatic N) is 2. The normalized spacial score (nSPS) is 15.5. The Morgan fingerprint density at radius 2 is 1.78 bits per heavy atom. The second-order valence-corrected chi connectivity index (χ2v) is 8.49. The number of carbonyl (C=O) groups is 1. The van der Waals surface area contributed by atoms with Gasteiger partial charge in [0.05, 0.1) is 4.90 Å². The van der Waals surface area contributed by atoms with Crippen LogP contribution in [0.15, 0.2) is 52.3 Å². The molecule has 1 aliphatic rings. The minimum absolute atomic E-state index is 0.0788. The molecule has 1 fully saturated rings. The molecule has 0 atom stereocenters. The van der Waals surface area contributed by atoms with E-state index in [1.165, 1.54) is 22.8 Å². The van der Waals surface area contributed by atoms with Gasteiger partial charge in [-0.05, 0) is 30.3 Å². The standard InChI is InChI=1S/C18H21N3O5S/c1-27(24,25)16-4-2-13(3-5-16)21-11-8-15(12-17(21)22)26-14-6-9-20(10-7-14)18(19)23/h2-5,8,11-12,14H,6-7,9-10H2,1H3,(H2,19,23). The molecule has 0 saturated carbocycles. The largest absolute Gasteiger partial charge is 0.490 e. The molecular weight excluding hydrogens is 370 g/mol. The van der Waals surface area contributed by atoms with Crippen LogP contribution >= 0.6 is 0 Å². The van der Waals surface area contributed by atoms with Crippen LogP contribution in [0.3, 0.4) is 0 Å². The molecule has 2 heterocycles. The first kappa shape index (κ1) is 19.0.